The molecule has 1 heterocycles. The Morgan fingerprint density at radius 1 is 1.47 bits per heavy atom. The summed E-state index contributed by atoms with van der Waals surface area (Å²) >= 11 is 0. The molecule has 0 aliphatic heterocycles. The molecule has 1 unspecified atom stereocenters. The largest absolute Gasteiger partial charge is 0.328 e. The third kappa shape index (κ3) is 2.24. The Hall–Kier alpha value is -2.01. The highest BCUT2D eigenvalue weighted by molar-refractivity contribution is 5.89. The van der Waals surface area contributed by atoms with Crippen LogP contribution in [0.4, 0.5) is 5.69 Å². The molecule has 0 aliphatic rings. The number of aromatic nitrogens is 1. The average molecular weight is 231 g/mol. The SMILES string of the molecule is CC(N)Cc1ccc2ncccc2c1[N+](=O)[O-]. The van der Waals surface area contributed by atoms with Gasteiger partial charge in [0.2, 0.25) is 0 Å². The summed E-state index contributed by atoms with van der Waals surface area (Å²) in [5, 5.41) is 11.7. The molecule has 1 aromatic heterocycles. The lowest BCUT2D eigenvalue weighted by Crippen LogP contribution is -2.18. The van der Waals surface area contributed by atoms with Crippen molar-refractivity contribution in [3.63, 3.8) is 0 Å². The van der Waals surface area contributed by atoms with Crippen molar-refractivity contribution in [2.24, 2.45) is 5.73 Å². The maximum absolute atomic E-state index is 11.2. The molecule has 1 atom stereocenters. The standard InChI is InChI=1S/C12H13N3O2/c1-8(13)7-9-4-5-11-10(3-2-6-14-11)12(9)15(16)17/h2-6,8H,7,13H2,1H3. The minimum Gasteiger partial charge on any atom is -0.328 e. The quantitative estimate of drug-likeness (QED) is 0.647. The lowest BCUT2D eigenvalue weighted by Gasteiger charge is -2.07. The molecule has 5 heteroatoms. The topological polar surface area (TPSA) is 82.0 Å². The van der Waals surface area contributed by atoms with Crippen molar-refractivity contribution in [3.8, 4) is 0 Å². The highest BCUT2D eigenvalue weighted by atomic mass is 16.6. The Kier molecular flexibility index (Phi) is 3.01. The highest BCUT2D eigenvalue weighted by Gasteiger charge is 2.19. The zero-order valence-corrected chi connectivity index (χ0v) is 9.46. The van der Waals surface area contributed by atoms with Crippen molar-refractivity contribution >= 4 is 16.6 Å². The molecule has 0 saturated heterocycles. The average Bonchev–Trinajstić information content (AvgIpc) is 2.27. The molecule has 2 aromatic rings. The normalized spacial score (nSPS) is 12.6. The van der Waals surface area contributed by atoms with Crippen molar-refractivity contribution in [1.29, 1.82) is 0 Å². The number of hydrogen-bond donors (Lipinski definition) is 1. The van der Waals surface area contributed by atoms with Gasteiger partial charge in [0.1, 0.15) is 0 Å². The lowest BCUT2D eigenvalue weighted by atomic mass is 10.0. The monoisotopic (exact) mass is 231 g/mol. The molecule has 5 nitrogen and oxygen atoms in total. The zero-order valence-electron chi connectivity index (χ0n) is 9.46. The smallest absolute Gasteiger partial charge is 0.281 e. The van der Waals surface area contributed by atoms with Crippen molar-refractivity contribution in [2.75, 3.05) is 0 Å². The number of nitrogens with two attached hydrogens (primary N) is 1. The van der Waals surface area contributed by atoms with Crippen LogP contribution in [0.3, 0.4) is 0 Å². The van der Waals surface area contributed by atoms with E-state index >= 15 is 0 Å². The Bertz CT molecular complexity index is 567. The molecule has 0 bridgehead atoms. The molecule has 0 fully saturated rings. The Morgan fingerprint density at radius 2 is 2.24 bits per heavy atom. The Balaban J connectivity index is 2.68. The number of benzene rings is 1. The van der Waals surface area contributed by atoms with Crippen molar-refractivity contribution < 1.29 is 4.92 Å². The van der Waals surface area contributed by atoms with Gasteiger partial charge in [-0.05, 0) is 37.6 Å². The van der Waals surface area contributed by atoms with Crippen LogP contribution in [-0.4, -0.2) is 15.9 Å². The number of nitro benzene ring substituents is 1. The number of nitrogens with zero attached hydrogens (tertiary/aromatic N) is 2. The summed E-state index contributed by atoms with van der Waals surface area (Å²) in [6.45, 7) is 1.83. The van der Waals surface area contributed by atoms with E-state index in [4.69, 9.17) is 5.73 Å². The van der Waals surface area contributed by atoms with Gasteiger partial charge < -0.3 is 5.73 Å². The zero-order chi connectivity index (χ0) is 12.4. The van der Waals surface area contributed by atoms with Crippen molar-refractivity contribution in [1.82, 2.24) is 4.98 Å². The number of hydrogen-bond acceptors (Lipinski definition) is 4. The van der Waals surface area contributed by atoms with Gasteiger partial charge in [-0.15, -0.1) is 0 Å². The third-order valence-corrected chi connectivity index (χ3v) is 2.56. The van der Waals surface area contributed by atoms with Crippen LogP contribution in [0.15, 0.2) is 30.5 Å². The maximum Gasteiger partial charge on any atom is 0.281 e. The molecule has 1 aromatic carbocycles. The minimum atomic E-state index is -0.359. The lowest BCUT2D eigenvalue weighted by molar-refractivity contribution is -0.383. The van der Waals surface area contributed by atoms with Crippen molar-refractivity contribution in [3.05, 3.63) is 46.1 Å². The molecular weight excluding hydrogens is 218 g/mol. The van der Waals surface area contributed by atoms with Crippen LogP contribution in [0.25, 0.3) is 10.9 Å². The summed E-state index contributed by atoms with van der Waals surface area (Å²) in [5.74, 6) is 0. The molecule has 0 amide bonds. The molecule has 0 spiro atoms. The molecule has 0 saturated carbocycles. The number of rotatable bonds is 3. The van der Waals surface area contributed by atoms with Gasteiger partial charge in [-0.1, -0.05) is 0 Å². The summed E-state index contributed by atoms with van der Waals surface area (Å²) < 4.78 is 0. The second kappa shape index (κ2) is 4.47. The van der Waals surface area contributed by atoms with E-state index < -0.39 is 0 Å². The van der Waals surface area contributed by atoms with Crippen LogP contribution in [-0.2, 0) is 6.42 Å². The van der Waals surface area contributed by atoms with Gasteiger partial charge >= 0.3 is 0 Å². The van der Waals surface area contributed by atoms with E-state index in [0.29, 0.717) is 22.9 Å². The van der Waals surface area contributed by atoms with E-state index in [9.17, 15) is 10.1 Å². The third-order valence-electron chi connectivity index (χ3n) is 2.56. The van der Waals surface area contributed by atoms with Gasteiger partial charge in [0.15, 0.2) is 0 Å². The summed E-state index contributed by atoms with van der Waals surface area (Å²) in [7, 11) is 0. The molecule has 88 valence electrons. The summed E-state index contributed by atoms with van der Waals surface area (Å²) in [4.78, 5) is 14.9. The minimum absolute atomic E-state index is 0.108. The van der Waals surface area contributed by atoms with E-state index in [2.05, 4.69) is 4.98 Å². The summed E-state index contributed by atoms with van der Waals surface area (Å²) in [6.07, 6.45) is 2.11. The van der Waals surface area contributed by atoms with E-state index in [-0.39, 0.29) is 16.7 Å². The molecule has 0 radical (unpaired) electrons. The fourth-order valence-electron chi connectivity index (χ4n) is 1.91. The van der Waals surface area contributed by atoms with E-state index in [1.54, 1.807) is 30.5 Å². The molecule has 2 N–H and O–H groups in total. The van der Waals surface area contributed by atoms with Crippen molar-refractivity contribution in [2.45, 2.75) is 19.4 Å². The van der Waals surface area contributed by atoms with Crippen LogP contribution >= 0.6 is 0 Å². The second-order valence-electron chi connectivity index (χ2n) is 4.08. The number of nitro groups is 1. The molecular formula is C12H13N3O2. The van der Waals surface area contributed by atoms with Crippen LogP contribution in [0.2, 0.25) is 0 Å². The number of pyridine rings is 1. The first-order valence-corrected chi connectivity index (χ1v) is 5.36. The molecule has 17 heavy (non-hydrogen) atoms. The van der Waals surface area contributed by atoms with Crippen LogP contribution < -0.4 is 5.73 Å². The van der Waals surface area contributed by atoms with Gasteiger partial charge in [-0.2, -0.15) is 0 Å². The summed E-state index contributed by atoms with van der Waals surface area (Å²) in [6, 6.07) is 6.83. The van der Waals surface area contributed by atoms with Gasteiger partial charge in [-0.3, -0.25) is 15.1 Å². The maximum atomic E-state index is 11.2. The van der Waals surface area contributed by atoms with Gasteiger partial charge in [-0.25, -0.2) is 0 Å². The first-order valence-electron chi connectivity index (χ1n) is 5.36. The second-order valence-corrected chi connectivity index (χ2v) is 4.08. The van der Waals surface area contributed by atoms with Crippen LogP contribution in [0, 0.1) is 10.1 Å². The van der Waals surface area contributed by atoms with E-state index in [1.165, 1.54) is 0 Å². The fourth-order valence-corrected chi connectivity index (χ4v) is 1.91. The summed E-state index contributed by atoms with van der Waals surface area (Å²) in [5.41, 5.74) is 7.11. The number of fused-ring (bicyclic) bond motifs is 1. The molecule has 2 rings (SSSR count). The Morgan fingerprint density at radius 3 is 2.88 bits per heavy atom. The van der Waals surface area contributed by atoms with Gasteiger partial charge in [0.25, 0.3) is 5.69 Å². The predicted octanol–water partition coefficient (Wildman–Crippen LogP) is 2.03. The Labute approximate surface area is 98.4 Å². The van der Waals surface area contributed by atoms with E-state index in [1.807, 2.05) is 6.92 Å². The fraction of sp³-hybridized carbons (Fsp3) is 0.250. The van der Waals surface area contributed by atoms with E-state index in [0.717, 1.165) is 0 Å². The first-order chi connectivity index (χ1) is 8.09. The van der Waals surface area contributed by atoms with Gasteiger partial charge in [0.05, 0.1) is 15.8 Å². The van der Waals surface area contributed by atoms with Crippen LogP contribution in [0.5, 0.6) is 0 Å². The van der Waals surface area contributed by atoms with Gasteiger partial charge in [0, 0.05) is 17.8 Å². The van der Waals surface area contributed by atoms with Crippen LogP contribution in [0.1, 0.15) is 12.5 Å². The molecule has 0 aliphatic carbocycles. The predicted molar refractivity (Wildman–Crippen MR) is 65.8 cm³/mol. The highest BCUT2D eigenvalue weighted by Crippen LogP contribution is 2.29. The first kappa shape index (κ1) is 11.5.